The first kappa shape index (κ1) is 16.9. The van der Waals surface area contributed by atoms with E-state index in [2.05, 4.69) is 5.32 Å². The zero-order valence-electron chi connectivity index (χ0n) is 10.6. The second kappa shape index (κ2) is 7.06. The van der Waals surface area contributed by atoms with Crippen LogP contribution in [0.15, 0.2) is 18.2 Å². The van der Waals surface area contributed by atoms with Crippen LogP contribution >= 0.6 is 23.2 Å². The summed E-state index contributed by atoms with van der Waals surface area (Å²) in [5, 5.41) is 2.75. The number of ether oxygens (including phenoxy) is 1. The highest BCUT2D eigenvalue weighted by molar-refractivity contribution is 6.34. The SMILES string of the molecule is CC(Oc1cc(Cl)cc(Cl)c1)C(=O)NCC(F)(F)CN. The van der Waals surface area contributed by atoms with Crippen molar-refractivity contribution in [2.24, 2.45) is 5.73 Å². The third kappa shape index (κ3) is 5.48. The number of hydrogen-bond acceptors (Lipinski definition) is 3. The smallest absolute Gasteiger partial charge is 0.277 e. The minimum Gasteiger partial charge on any atom is -0.481 e. The molecule has 0 saturated heterocycles. The van der Waals surface area contributed by atoms with Crippen LogP contribution in [0.5, 0.6) is 5.75 Å². The van der Waals surface area contributed by atoms with Gasteiger partial charge >= 0.3 is 0 Å². The normalized spacial score (nSPS) is 12.9. The van der Waals surface area contributed by atoms with Crippen molar-refractivity contribution in [3.8, 4) is 5.75 Å². The molecule has 4 nitrogen and oxygen atoms in total. The lowest BCUT2D eigenvalue weighted by Gasteiger charge is -2.18. The van der Waals surface area contributed by atoms with Gasteiger partial charge in [-0.15, -0.1) is 0 Å². The number of rotatable bonds is 6. The average molecular weight is 327 g/mol. The molecule has 0 radical (unpaired) electrons. The van der Waals surface area contributed by atoms with Gasteiger partial charge in [-0.2, -0.15) is 0 Å². The van der Waals surface area contributed by atoms with Gasteiger partial charge in [0.2, 0.25) is 0 Å². The minimum absolute atomic E-state index is 0.274. The van der Waals surface area contributed by atoms with Crippen LogP contribution in [0.2, 0.25) is 10.0 Å². The maximum atomic E-state index is 12.9. The van der Waals surface area contributed by atoms with Crippen molar-refractivity contribution in [2.75, 3.05) is 13.1 Å². The molecule has 0 aliphatic rings. The number of carbonyl (C=O) groups is 1. The summed E-state index contributed by atoms with van der Waals surface area (Å²) in [5.41, 5.74) is 4.86. The molecule has 1 aromatic carbocycles. The number of alkyl halides is 2. The molecule has 1 aromatic rings. The highest BCUT2D eigenvalue weighted by Gasteiger charge is 2.28. The molecule has 0 heterocycles. The maximum absolute atomic E-state index is 12.9. The Balaban J connectivity index is 2.57. The van der Waals surface area contributed by atoms with Crippen molar-refractivity contribution in [3.05, 3.63) is 28.2 Å². The molecular formula is C12H14Cl2F2N2O2. The summed E-state index contributed by atoms with van der Waals surface area (Å²) < 4.78 is 31.1. The summed E-state index contributed by atoms with van der Waals surface area (Å²) in [6.07, 6.45) is -0.974. The van der Waals surface area contributed by atoms with Gasteiger partial charge < -0.3 is 15.8 Å². The Bertz CT molecular complexity index is 466. The fourth-order valence-corrected chi connectivity index (χ4v) is 1.79. The minimum atomic E-state index is -3.14. The molecule has 0 aliphatic carbocycles. The lowest BCUT2D eigenvalue weighted by Crippen LogP contribution is -2.45. The molecule has 1 rings (SSSR count). The van der Waals surface area contributed by atoms with Crippen LogP contribution < -0.4 is 15.8 Å². The summed E-state index contributed by atoms with van der Waals surface area (Å²) in [6, 6.07) is 4.43. The predicted octanol–water partition coefficient (Wildman–Crippen LogP) is 2.47. The molecule has 0 aromatic heterocycles. The average Bonchev–Trinajstić information content (AvgIpc) is 2.34. The molecule has 0 fully saturated rings. The molecule has 20 heavy (non-hydrogen) atoms. The number of nitrogens with one attached hydrogen (secondary N) is 1. The van der Waals surface area contributed by atoms with E-state index in [1.54, 1.807) is 0 Å². The van der Waals surface area contributed by atoms with Crippen LogP contribution in [0.4, 0.5) is 8.78 Å². The first-order valence-electron chi connectivity index (χ1n) is 5.72. The van der Waals surface area contributed by atoms with Crippen molar-refractivity contribution in [2.45, 2.75) is 19.0 Å². The van der Waals surface area contributed by atoms with E-state index in [1.165, 1.54) is 25.1 Å². The molecule has 1 amide bonds. The lowest BCUT2D eigenvalue weighted by atomic mass is 10.3. The molecule has 3 N–H and O–H groups in total. The van der Waals surface area contributed by atoms with Crippen molar-refractivity contribution < 1.29 is 18.3 Å². The van der Waals surface area contributed by atoms with Crippen LogP contribution in [0, 0.1) is 0 Å². The second-order valence-corrected chi connectivity index (χ2v) is 5.02. The third-order valence-electron chi connectivity index (χ3n) is 2.34. The van der Waals surface area contributed by atoms with Crippen LogP contribution in [0.25, 0.3) is 0 Å². The van der Waals surface area contributed by atoms with E-state index in [1.807, 2.05) is 0 Å². The number of carbonyl (C=O) groups excluding carboxylic acids is 1. The molecule has 0 aliphatic heterocycles. The Labute approximate surface area is 125 Å². The van der Waals surface area contributed by atoms with Crippen LogP contribution in [-0.4, -0.2) is 31.0 Å². The Morgan fingerprint density at radius 3 is 2.45 bits per heavy atom. The number of halogens is 4. The molecule has 1 unspecified atom stereocenters. The van der Waals surface area contributed by atoms with E-state index in [0.29, 0.717) is 10.0 Å². The van der Waals surface area contributed by atoms with Crippen LogP contribution in [-0.2, 0) is 4.79 Å². The summed E-state index contributed by atoms with van der Waals surface area (Å²) >= 11 is 11.5. The molecule has 0 bridgehead atoms. The number of benzene rings is 1. The van der Waals surface area contributed by atoms with E-state index < -0.39 is 31.0 Å². The van der Waals surface area contributed by atoms with E-state index in [-0.39, 0.29) is 5.75 Å². The van der Waals surface area contributed by atoms with Gasteiger partial charge in [-0.05, 0) is 25.1 Å². The zero-order valence-corrected chi connectivity index (χ0v) is 12.1. The Kier molecular flexibility index (Phi) is 5.98. The zero-order chi connectivity index (χ0) is 15.3. The van der Waals surface area contributed by atoms with E-state index in [0.717, 1.165) is 0 Å². The molecular weight excluding hydrogens is 313 g/mol. The lowest BCUT2D eigenvalue weighted by molar-refractivity contribution is -0.129. The van der Waals surface area contributed by atoms with Gasteiger partial charge in [-0.1, -0.05) is 23.2 Å². The maximum Gasteiger partial charge on any atom is 0.277 e. The standard InChI is InChI=1S/C12H14Cl2F2N2O2/c1-7(11(19)18-6-12(15,16)5-17)20-10-3-8(13)2-9(14)4-10/h2-4,7H,5-6,17H2,1H3,(H,18,19). The first-order valence-corrected chi connectivity index (χ1v) is 6.47. The van der Waals surface area contributed by atoms with Gasteiger partial charge in [0.1, 0.15) is 5.75 Å². The Hall–Kier alpha value is -1.11. The van der Waals surface area contributed by atoms with Gasteiger partial charge in [0.25, 0.3) is 11.8 Å². The van der Waals surface area contributed by atoms with Crippen molar-refractivity contribution in [3.63, 3.8) is 0 Å². The van der Waals surface area contributed by atoms with Gasteiger partial charge in [0.15, 0.2) is 6.10 Å². The van der Waals surface area contributed by atoms with Crippen molar-refractivity contribution in [1.82, 2.24) is 5.32 Å². The number of nitrogens with two attached hydrogens (primary N) is 1. The molecule has 0 saturated carbocycles. The molecule has 0 spiro atoms. The number of hydrogen-bond donors (Lipinski definition) is 2. The van der Waals surface area contributed by atoms with Crippen LogP contribution in [0.3, 0.4) is 0 Å². The third-order valence-corrected chi connectivity index (χ3v) is 2.77. The van der Waals surface area contributed by atoms with E-state index in [4.69, 9.17) is 33.7 Å². The Morgan fingerprint density at radius 2 is 1.95 bits per heavy atom. The summed E-state index contributed by atoms with van der Waals surface area (Å²) in [5.74, 6) is -3.56. The van der Waals surface area contributed by atoms with Crippen molar-refractivity contribution in [1.29, 1.82) is 0 Å². The second-order valence-electron chi connectivity index (χ2n) is 4.14. The summed E-state index contributed by atoms with van der Waals surface area (Å²) in [7, 11) is 0. The van der Waals surface area contributed by atoms with Crippen LogP contribution in [0.1, 0.15) is 6.92 Å². The van der Waals surface area contributed by atoms with E-state index in [9.17, 15) is 13.6 Å². The molecule has 1 atom stereocenters. The first-order chi connectivity index (χ1) is 9.23. The van der Waals surface area contributed by atoms with Gasteiger partial charge in [-0.3, -0.25) is 4.79 Å². The quantitative estimate of drug-likeness (QED) is 0.844. The molecule has 112 valence electrons. The van der Waals surface area contributed by atoms with Gasteiger partial charge in [-0.25, -0.2) is 8.78 Å². The fraction of sp³-hybridized carbons (Fsp3) is 0.417. The topological polar surface area (TPSA) is 64.3 Å². The van der Waals surface area contributed by atoms with Crippen molar-refractivity contribution >= 4 is 29.1 Å². The largest absolute Gasteiger partial charge is 0.481 e. The van der Waals surface area contributed by atoms with Gasteiger partial charge in [0.05, 0.1) is 13.1 Å². The van der Waals surface area contributed by atoms with Gasteiger partial charge in [0, 0.05) is 10.0 Å². The van der Waals surface area contributed by atoms with E-state index >= 15 is 0 Å². The summed E-state index contributed by atoms with van der Waals surface area (Å²) in [6.45, 7) is -0.260. The monoisotopic (exact) mass is 326 g/mol. The molecule has 8 heteroatoms. The fourth-order valence-electron chi connectivity index (χ4n) is 1.29. The Morgan fingerprint density at radius 1 is 1.40 bits per heavy atom. The highest BCUT2D eigenvalue weighted by Crippen LogP contribution is 2.24. The highest BCUT2D eigenvalue weighted by atomic mass is 35.5. The number of amides is 1. The predicted molar refractivity (Wildman–Crippen MR) is 73.6 cm³/mol. The summed E-state index contributed by atoms with van der Waals surface area (Å²) in [4.78, 5) is 11.6.